The molecular formula is C21H31ClN2. The molecule has 2 rings (SSSR count). The van der Waals surface area contributed by atoms with Crippen LogP contribution in [0.15, 0.2) is 54.6 Å². The summed E-state index contributed by atoms with van der Waals surface area (Å²) in [5, 5.41) is 0. The van der Waals surface area contributed by atoms with E-state index in [-0.39, 0.29) is 12.4 Å². The molecule has 3 heteroatoms. The topological polar surface area (TPSA) is 29.3 Å². The van der Waals surface area contributed by atoms with Crippen molar-refractivity contribution in [3.8, 4) is 0 Å². The van der Waals surface area contributed by atoms with Gasteiger partial charge >= 0.3 is 0 Å². The highest BCUT2D eigenvalue weighted by atomic mass is 35.5. The fourth-order valence-corrected chi connectivity index (χ4v) is 3.41. The molecule has 1 atom stereocenters. The Morgan fingerprint density at radius 1 is 0.833 bits per heavy atom. The summed E-state index contributed by atoms with van der Waals surface area (Å²) in [4.78, 5) is 2.55. The van der Waals surface area contributed by atoms with Crippen molar-refractivity contribution < 1.29 is 0 Å². The molecule has 0 fully saturated rings. The smallest absolute Gasteiger partial charge is 0.0352 e. The second-order valence-electron chi connectivity index (χ2n) is 6.81. The van der Waals surface area contributed by atoms with Crippen molar-refractivity contribution in [2.24, 2.45) is 0 Å². The van der Waals surface area contributed by atoms with E-state index in [1.54, 1.807) is 0 Å². The minimum atomic E-state index is 0. The number of hydrogen-bond donors (Lipinski definition) is 1. The first-order chi connectivity index (χ1) is 11.0. The lowest BCUT2D eigenvalue weighted by Gasteiger charge is -2.32. The van der Waals surface area contributed by atoms with Crippen LogP contribution in [0.4, 0.5) is 5.69 Å². The van der Waals surface area contributed by atoms with Crippen LogP contribution < -0.4 is 5.73 Å². The number of rotatable bonds is 7. The molecule has 132 valence electrons. The van der Waals surface area contributed by atoms with E-state index in [0.717, 1.165) is 18.7 Å². The average molecular weight is 347 g/mol. The van der Waals surface area contributed by atoms with Crippen LogP contribution in [-0.2, 0) is 0 Å². The highest BCUT2D eigenvalue weighted by Crippen LogP contribution is 2.32. The fraction of sp³-hybridized carbons (Fsp3) is 0.429. The number of benzene rings is 2. The molecule has 0 amide bonds. The number of halogens is 1. The molecule has 0 radical (unpaired) electrons. The van der Waals surface area contributed by atoms with Crippen molar-refractivity contribution in [3.05, 3.63) is 65.7 Å². The first-order valence-electron chi connectivity index (χ1n) is 8.65. The summed E-state index contributed by atoms with van der Waals surface area (Å²) in [5.41, 5.74) is 9.75. The SMILES string of the molecule is CC(C)N(CCC(c1ccccc1)c1ccccc1N)C(C)C.Cl. The molecule has 2 aromatic rings. The monoisotopic (exact) mass is 346 g/mol. The van der Waals surface area contributed by atoms with Gasteiger partial charge in [-0.05, 0) is 57.9 Å². The van der Waals surface area contributed by atoms with Crippen LogP contribution in [0, 0.1) is 0 Å². The van der Waals surface area contributed by atoms with Crippen LogP contribution in [0.2, 0.25) is 0 Å². The molecule has 1 unspecified atom stereocenters. The zero-order valence-corrected chi connectivity index (χ0v) is 16.1. The van der Waals surface area contributed by atoms with Crippen molar-refractivity contribution in [2.75, 3.05) is 12.3 Å². The number of nitrogens with zero attached hydrogens (tertiary/aromatic N) is 1. The maximum Gasteiger partial charge on any atom is 0.0352 e. The fourth-order valence-electron chi connectivity index (χ4n) is 3.41. The first kappa shape index (κ1) is 20.5. The van der Waals surface area contributed by atoms with Crippen molar-refractivity contribution in [1.29, 1.82) is 0 Å². The molecule has 0 aliphatic rings. The van der Waals surface area contributed by atoms with Crippen LogP contribution in [0.1, 0.15) is 51.2 Å². The van der Waals surface area contributed by atoms with E-state index in [1.807, 2.05) is 12.1 Å². The Labute approximate surface area is 153 Å². The van der Waals surface area contributed by atoms with E-state index in [0.29, 0.717) is 18.0 Å². The quantitative estimate of drug-likeness (QED) is 0.686. The molecule has 2 N–H and O–H groups in total. The number of nitrogen functional groups attached to an aromatic ring is 1. The summed E-state index contributed by atoms with van der Waals surface area (Å²) in [6, 6.07) is 20.1. The molecule has 2 aromatic carbocycles. The maximum absolute atomic E-state index is 6.27. The van der Waals surface area contributed by atoms with Gasteiger partial charge in [-0.3, -0.25) is 4.90 Å². The van der Waals surface area contributed by atoms with Crippen molar-refractivity contribution >= 4 is 18.1 Å². The molecule has 0 spiro atoms. The zero-order chi connectivity index (χ0) is 16.8. The Kier molecular flexibility index (Phi) is 8.30. The lowest BCUT2D eigenvalue weighted by atomic mass is 9.87. The highest BCUT2D eigenvalue weighted by molar-refractivity contribution is 5.85. The van der Waals surface area contributed by atoms with Crippen molar-refractivity contribution in [2.45, 2.75) is 52.1 Å². The summed E-state index contributed by atoms with van der Waals surface area (Å²) in [5.74, 6) is 0.345. The van der Waals surface area contributed by atoms with Gasteiger partial charge in [0.25, 0.3) is 0 Å². The lowest BCUT2D eigenvalue weighted by Crippen LogP contribution is -2.38. The third-order valence-electron chi connectivity index (χ3n) is 4.58. The van der Waals surface area contributed by atoms with E-state index in [1.165, 1.54) is 11.1 Å². The molecule has 0 heterocycles. The van der Waals surface area contributed by atoms with Gasteiger partial charge in [-0.25, -0.2) is 0 Å². The second kappa shape index (κ2) is 9.71. The predicted octanol–water partition coefficient (Wildman–Crippen LogP) is 5.33. The number of hydrogen-bond acceptors (Lipinski definition) is 2. The van der Waals surface area contributed by atoms with E-state index < -0.39 is 0 Å². The molecule has 0 aliphatic heterocycles. The van der Waals surface area contributed by atoms with Crippen LogP contribution in [0.5, 0.6) is 0 Å². The Hall–Kier alpha value is -1.51. The Bertz CT molecular complexity index is 588. The van der Waals surface area contributed by atoms with Gasteiger partial charge < -0.3 is 5.73 Å². The van der Waals surface area contributed by atoms with Gasteiger partial charge in [-0.2, -0.15) is 0 Å². The molecule has 0 saturated carbocycles. The van der Waals surface area contributed by atoms with E-state index in [9.17, 15) is 0 Å². The van der Waals surface area contributed by atoms with Crippen LogP contribution in [0.25, 0.3) is 0 Å². The zero-order valence-electron chi connectivity index (χ0n) is 15.3. The Morgan fingerprint density at radius 3 is 1.92 bits per heavy atom. The molecule has 0 bridgehead atoms. The summed E-state index contributed by atoms with van der Waals surface area (Å²) in [6.07, 6.45) is 1.08. The van der Waals surface area contributed by atoms with Crippen LogP contribution in [0.3, 0.4) is 0 Å². The van der Waals surface area contributed by atoms with Gasteiger partial charge in [0, 0.05) is 23.7 Å². The van der Waals surface area contributed by atoms with E-state index >= 15 is 0 Å². The molecule has 24 heavy (non-hydrogen) atoms. The second-order valence-corrected chi connectivity index (χ2v) is 6.81. The predicted molar refractivity (Wildman–Crippen MR) is 108 cm³/mol. The van der Waals surface area contributed by atoms with Gasteiger partial charge in [-0.1, -0.05) is 48.5 Å². The summed E-state index contributed by atoms with van der Waals surface area (Å²) >= 11 is 0. The highest BCUT2D eigenvalue weighted by Gasteiger charge is 2.20. The molecule has 2 nitrogen and oxygen atoms in total. The number of nitrogens with two attached hydrogens (primary N) is 1. The molecule has 0 aliphatic carbocycles. The van der Waals surface area contributed by atoms with Gasteiger partial charge in [0.15, 0.2) is 0 Å². The van der Waals surface area contributed by atoms with Gasteiger partial charge in [0.1, 0.15) is 0 Å². The first-order valence-corrected chi connectivity index (χ1v) is 8.65. The van der Waals surface area contributed by atoms with E-state index in [4.69, 9.17) is 5.73 Å². The van der Waals surface area contributed by atoms with Crippen molar-refractivity contribution in [1.82, 2.24) is 4.90 Å². The van der Waals surface area contributed by atoms with Gasteiger partial charge in [0.2, 0.25) is 0 Å². The molecule has 0 saturated heterocycles. The van der Waals surface area contributed by atoms with Gasteiger partial charge in [-0.15, -0.1) is 12.4 Å². The van der Waals surface area contributed by atoms with Crippen molar-refractivity contribution in [3.63, 3.8) is 0 Å². The third kappa shape index (κ3) is 5.25. The average Bonchev–Trinajstić information content (AvgIpc) is 2.53. The lowest BCUT2D eigenvalue weighted by molar-refractivity contribution is 0.170. The minimum Gasteiger partial charge on any atom is -0.398 e. The number of anilines is 1. The maximum atomic E-state index is 6.27. The molecular weight excluding hydrogens is 316 g/mol. The standard InChI is InChI=1S/C21H30N2.ClH/c1-16(2)23(17(3)4)15-14-19(18-10-6-5-7-11-18)20-12-8-9-13-21(20)22;/h5-13,16-17,19H,14-15,22H2,1-4H3;1H. The van der Waals surface area contributed by atoms with Crippen LogP contribution in [-0.4, -0.2) is 23.5 Å². The Morgan fingerprint density at radius 2 is 1.38 bits per heavy atom. The van der Waals surface area contributed by atoms with Gasteiger partial charge in [0.05, 0.1) is 0 Å². The van der Waals surface area contributed by atoms with E-state index in [2.05, 4.69) is 75.1 Å². The largest absolute Gasteiger partial charge is 0.398 e. The summed E-state index contributed by atoms with van der Waals surface area (Å²) < 4.78 is 0. The Balaban J connectivity index is 0.00000288. The number of para-hydroxylation sites is 1. The normalized spacial score (nSPS) is 12.5. The third-order valence-corrected chi connectivity index (χ3v) is 4.58. The minimum absolute atomic E-state index is 0. The van der Waals surface area contributed by atoms with Crippen LogP contribution >= 0.6 is 12.4 Å². The summed E-state index contributed by atoms with van der Waals surface area (Å²) in [6.45, 7) is 10.2. The summed E-state index contributed by atoms with van der Waals surface area (Å²) in [7, 11) is 0. The molecule has 0 aromatic heterocycles.